The van der Waals surface area contributed by atoms with Gasteiger partial charge in [0.1, 0.15) is 11.6 Å². The molecule has 2 aromatic carbocycles. The Bertz CT molecular complexity index is 942. The predicted molar refractivity (Wildman–Crippen MR) is 106 cm³/mol. The van der Waals surface area contributed by atoms with Crippen molar-refractivity contribution in [2.24, 2.45) is 0 Å². The lowest BCUT2D eigenvalue weighted by molar-refractivity contribution is -0.895. The third kappa shape index (κ3) is 5.31. The Balaban J connectivity index is 1.49. The summed E-state index contributed by atoms with van der Waals surface area (Å²) in [6.07, 6.45) is 0. The van der Waals surface area contributed by atoms with Crippen molar-refractivity contribution in [3.8, 4) is 5.75 Å². The Hall–Kier alpha value is -2.49. The fourth-order valence-electron chi connectivity index (χ4n) is 3.24. The molecule has 29 heavy (non-hydrogen) atoms. The Kier molecular flexibility index (Phi) is 6.83. The lowest BCUT2D eigenvalue weighted by Crippen LogP contribution is -3.15. The summed E-state index contributed by atoms with van der Waals surface area (Å²) in [7, 11) is -2.04. The molecule has 2 aromatic rings. The number of carbonyl (C=O) groups excluding carboxylic acids is 1. The SMILES string of the molecule is COc1ccc(S(=O)(=O)N2CC[NH+](CC(=O)NCc3ccccc3F)CC2)cc1. The van der Waals surface area contributed by atoms with E-state index in [1.54, 1.807) is 30.3 Å². The van der Waals surface area contributed by atoms with Crippen LogP contribution in [0, 0.1) is 5.82 Å². The van der Waals surface area contributed by atoms with Crippen molar-refractivity contribution in [2.75, 3.05) is 39.8 Å². The zero-order valence-electron chi connectivity index (χ0n) is 16.2. The van der Waals surface area contributed by atoms with Crippen molar-refractivity contribution in [3.63, 3.8) is 0 Å². The molecule has 3 rings (SSSR count). The van der Waals surface area contributed by atoms with Crippen LogP contribution < -0.4 is 15.0 Å². The molecule has 0 bridgehead atoms. The number of quaternary nitrogens is 1. The fourth-order valence-corrected chi connectivity index (χ4v) is 4.68. The highest BCUT2D eigenvalue weighted by atomic mass is 32.2. The van der Waals surface area contributed by atoms with E-state index >= 15 is 0 Å². The predicted octanol–water partition coefficient (Wildman–Crippen LogP) is 0.0399. The molecule has 9 heteroatoms. The summed E-state index contributed by atoms with van der Waals surface area (Å²) >= 11 is 0. The standard InChI is InChI=1S/C20H24FN3O4S/c1-28-17-6-8-18(9-7-17)29(26,27)24-12-10-23(11-13-24)15-20(25)22-14-16-4-2-3-5-19(16)21/h2-9H,10-15H2,1H3,(H,22,25)/p+1. The number of sulfonamides is 1. The molecule has 2 N–H and O–H groups in total. The van der Waals surface area contributed by atoms with Crippen molar-refractivity contribution in [1.82, 2.24) is 9.62 Å². The molecule has 1 saturated heterocycles. The third-order valence-electron chi connectivity index (χ3n) is 4.97. The highest BCUT2D eigenvalue weighted by Crippen LogP contribution is 2.19. The molecule has 1 heterocycles. The first-order valence-corrected chi connectivity index (χ1v) is 10.8. The van der Waals surface area contributed by atoms with E-state index < -0.39 is 10.0 Å². The molecule has 0 aliphatic carbocycles. The molecule has 0 atom stereocenters. The number of methoxy groups -OCH3 is 1. The molecule has 1 aliphatic rings. The number of amides is 1. The van der Waals surface area contributed by atoms with E-state index in [9.17, 15) is 17.6 Å². The van der Waals surface area contributed by atoms with Gasteiger partial charge in [0.15, 0.2) is 6.54 Å². The molecule has 1 amide bonds. The lowest BCUT2D eigenvalue weighted by Gasteiger charge is -2.31. The molecule has 0 aromatic heterocycles. The minimum atomic E-state index is -3.57. The van der Waals surface area contributed by atoms with Gasteiger partial charge in [0, 0.05) is 12.1 Å². The molecule has 0 saturated carbocycles. The highest BCUT2D eigenvalue weighted by Gasteiger charge is 2.31. The van der Waals surface area contributed by atoms with Crippen molar-refractivity contribution in [1.29, 1.82) is 0 Å². The fraction of sp³-hybridized carbons (Fsp3) is 0.350. The second-order valence-electron chi connectivity index (χ2n) is 6.87. The van der Waals surface area contributed by atoms with Crippen LogP contribution in [-0.4, -0.2) is 58.5 Å². The van der Waals surface area contributed by atoms with Crippen molar-refractivity contribution >= 4 is 15.9 Å². The average Bonchev–Trinajstić information content (AvgIpc) is 2.73. The summed E-state index contributed by atoms with van der Waals surface area (Å²) in [5.74, 6) is 0.0619. The van der Waals surface area contributed by atoms with Crippen LogP contribution in [0.25, 0.3) is 0 Å². The number of halogens is 1. The van der Waals surface area contributed by atoms with Gasteiger partial charge in [-0.25, -0.2) is 12.8 Å². The number of benzene rings is 2. The lowest BCUT2D eigenvalue weighted by atomic mass is 10.2. The Morgan fingerprint density at radius 1 is 1.14 bits per heavy atom. The van der Waals surface area contributed by atoms with Gasteiger partial charge in [0.2, 0.25) is 10.0 Å². The van der Waals surface area contributed by atoms with Gasteiger partial charge in [-0.3, -0.25) is 4.79 Å². The quantitative estimate of drug-likeness (QED) is 0.660. The number of nitrogens with one attached hydrogen (secondary N) is 2. The minimum absolute atomic E-state index is 0.136. The zero-order chi connectivity index (χ0) is 20.9. The van der Waals surface area contributed by atoms with E-state index in [4.69, 9.17) is 4.74 Å². The summed E-state index contributed by atoms with van der Waals surface area (Å²) in [5, 5.41) is 2.72. The number of hydrogen-bond donors (Lipinski definition) is 2. The van der Waals surface area contributed by atoms with Crippen molar-refractivity contribution in [3.05, 3.63) is 59.9 Å². The van der Waals surface area contributed by atoms with Gasteiger partial charge in [0.25, 0.3) is 5.91 Å². The summed E-state index contributed by atoms with van der Waals surface area (Å²) in [5.41, 5.74) is 0.436. The van der Waals surface area contributed by atoms with Gasteiger partial charge >= 0.3 is 0 Å². The number of ether oxygens (including phenoxy) is 1. The average molecular weight is 423 g/mol. The smallest absolute Gasteiger partial charge is 0.275 e. The maximum atomic E-state index is 13.6. The topological polar surface area (TPSA) is 80.2 Å². The summed E-state index contributed by atoms with van der Waals surface area (Å²) in [6.45, 7) is 2.10. The first-order chi connectivity index (χ1) is 13.9. The van der Waals surface area contributed by atoms with Crippen LogP contribution >= 0.6 is 0 Å². The number of rotatable bonds is 7. The molecular formula is C20H25FN3O4S+. The summed E-state index contributed by atoms with van der Waals surface area (Å²) in [4.78, 5) is 13.4. The van der Waals surface area contributed by atoms with Gasteiger partial charge < -0.3 is 15.0 Å². The van der Waals surface area contributed by atoms with Gasteiger partial charge in [-0.1, -0.05) is 18.2 Å². The Labute approximate surface area is 170 Å². The van der Waals surface area contributed by atoms with E-state index in [1.165, 1.54) is 29.6 Å². The summed E-state index contributed by atoms with van der Waals surface area (Å²) < 4.78 is 45.6. The maximum absolute atomic E-state index is 13.6. The first kappa shape index (κ1) is 21.2. The Morgan fingerprint density at radius 2 is 1.79 bits per heavy atom. The first-order valence-electron chi connectivity index (χ1n) is 9.38. The van der Waals surface area contributed by atoms with E-state index in [0.717, 1.165) is 4.90 Å². The largest absolute Gasteiger partial charge is 0.497 e. The van der Waals surface area contributed by atoms with Crippen LogP contribution in [0.15, 0.2) is 53.4 Å². The number of carbonyl (C=O) groups is 1. The van der Waals surface area contributed by atoms with Crippen molar-refractivity contribution < 1.29 is 27.2 Å². The molecular weight excluding hydrogens is 397 g/mol. The van der Waals surface area contributed by atoms with Crippen molar-refractivity contribution in [2.45, 2.75) is 11.4 Å². The maximum Gasteiger partial charge on any atom is 0.275 e. The van der Waals surface area contributed by atoms with E-state index in [-0.39, 0.29) is 29.7 Å². The molecule has 7 nitrogen and oxygen atoms in total. The Morgan fingerprint density at radius 3 is 2.41 bits per heavy atom. The summed E-state index contributed by atoms with van der Waals surface area (Å²) in [6, 6.07) is 12.6. The zero-order valence-corrected chi connectivity index (χ0v) is 17.0. The van der Waals surface area contributed by atoms with Crippen LogP contribution in [-0.2, 0) is 21.4 Å². The van der Waals surface area contributed by atoms with Crippen LogP contribution in [0.1, 0.15) is 5.56 Å². The second-order valence-corrected chi connectivity index (χ2v) is 8.81. The second kappa shape index (κ2) is 9.34. The molecule has 0 spiro atoms. The van der Waals surface area contributed by atoms with Crippen LogP contribution in [0.4, 0.5) is 4.39 Å². The minimum Gasteiger partial charge on any atom is -0.497 e. The molecule has 0 unspecified atom stereocenters. The number of hydrogen-bond acceptors (Lipinski definition) is 4. The normalized spacial score (nSPS) is 15.8. The van der Waals surface area contributed by atoms with Crippen LogP contribution in [0.2, 0.25) is 0 Å². The molecule has 1 fully saturated rings. The van der Waals surface area contributed by atoms with E-state index in [0.29, 0.717) is 37.5 Å². The van der Waals surface area contributed by atoms with Crippen LogP contribution in [0.5, 0.6) is 5.75 Å². The highest BCUT2D eigenvalue weighted by molar-refractivity contribution is 7.89. The molecule has 156 valence electrons. The monoisotopic (exact) mass is 422 g/mol. The third-order valence-corrected chi connectivity index (χ3v) is 6.88. The van der Waals surface area contributed by atoms with E-state index in [2.05, 4.69) is 5.32 Å². The number of piperazine rings is 1. The number of nitrogens with zero attached hydrogens (tertiary/aromatic N) is 1. The van der Waals surface area contributed by atoms with Gasteiger partial charge in [-0.2, -0.15) is 4.31 Å². The molecule has 0 radical (unpaired) electrons. The van der Waals surface area contributed by atoms with Gasteiger partial charge in [0.05, 0.1) is 38.2 Å². The van der Waals surface area contributed by atoms with Gasteiger partial charge in [-0.05, 0) is 30.3 Å². The van der Waals surface area contributed by atoms with Gasteiger partial charge in [-0.15, -0.1) is 0 Å². The molecule has 1 aliphatic heterocycles. The van der Waals surface area contributed by atoms with E-state index in [1.807, 2.05) is 0 Å². The van der Waals surface area contributed by atoms with Crippen LogP contribution in [0.3, 0.4) is 0 Å².